The molecule has 0 aliphatic carbocycles. The van der Waals surface area contributed by atoms with E-state index < -0.39 is 15.1 Å². The summed E-state index contributed by atoms with van der Waals surface area (Å²) in [7, 11) is -9.63. The van der Waals surface area contributed by atoms with E-state index >= 15 is 0 Å². The predicted octanol–water partition coefficient (Wildman–Crippen LogP) is 6.30. The fourth-order valence-electron chi connectivity index (χ4n) is 2.16. The molecule has 0 radical (unpaired) electrons. The molecule has 0 saturated heterocycles. The Kier molecular flexibility index (Phi) is 3.54. The highest BCUT2D eigenvalue weighted by Crippen LogP contribution is 3.02. The fraction of sp³-hybridized carbons (Fsp3) is 0. The Labute approximate surface area is 139 Å². The highest BCUT2D eigenvalue weighted by molar-refractivity contribution is 8.45. The number of halogens is 5. The lowest BCUT2D eigenvalue weighted by Crippen LogP contribution is -2.05. The largest absolute Gasteiger partial charge is 0.310 e. The molecule has 3 nitrogen and oxygen atoms in total. The first-order chi connectivity index (χ1) is 11.5. The molecule has 3 rings (SSSR count). The van der Waals surface area contributed by atoms with Crippen molar-refractivity contribution in [3.8, 4) is 11.1 Å². The van der Waals surface area contributed by atoms with Gasteiger partial charge in [0.15, 0.2) is 0 Å². The summed E-state index contributed by atoms with van der Waals surface area (Å²) in [6, 6.07) is 9.79. The molecule has 1 heterocycles. The van der Waals surface area contributed by atoms with Crippen LogP contribution in [0.15, 0.2) is 59.6 Å². The van der Waals surface area contributed by atoms with Crippen LogP contribution in [-0.2, 0) is 0 Å². The Morgan fingerprint density at radius 2 is 1.32 bits per heavy atom. The second-order valence-corrected chi connectivity index (χ2v) is 7.75. The van der Waals surface area contributed by atoms with Gasteiger partial charge in [-0.15, -0.1) is 0 Å². The minimum absolute atomic E-state index is 0.412. The molecule has 0 aliphatic heterocycles. The summed E-state index contributed by atoms with van der Waals surface area (Å²) in [6.07, 6.45) is 5.08. The first-order valence-electron chi connectivity index (χ1n) is 7.00. The van der Waals surface area contributed by atoms with Crippen LogP contribution < -0.4 is 0 Å². The zero-order chi connectivity index (χ0) is 18.2. The van der Waals surface area contributed by atoms with Crippen LogP contribution in [0, 0.1) is 0 Å². The van der Waals surface area contributed by atoms with Crippen LogP contribution in [0.4, 0.5) is 19.4 Å². The van der Waals surface area contributed by atoms with Crippen LogP contribution >= 0.6 is 10.2 Å². The number of H-pyrrole nitrogens is 1. The minimum atomic E-state index is -9.63. The molecule has 0 amide bonds. The Hall–Kier alpha value is -2.68. The molecular formula is C16H12F5N3S. The normalized spacial score (nSPS) is 15.1. The van der Waals surface area contributed by atoms with E-state index in [2.05, 4.69) is 15.4 Å². The summed E-state index contributed by atoms with van der Waals surface area (Å²) >= 11 is 0. The second-order valence-electron chi connectivity index (χ2n) is 5.34. The van der Waals surface area contributed by atoms with Crippen molar-refractivity contribution in [3.63, 3.8) is 0 Å². The molecule has 0 fully saturated rings. The standard InChI is InChI=1S/C16H12F5N3S/c17-25(18,19,20,21)16-9-6-14(7-10-16)13-4-1-12(2-5-13)3-8-15-11-22-24-23-15/h1-11H,(H,22,23,24)/b8-3+. The molecule has 3 aromatic rings. The van der Waals surface area contributed by atoms with Crippen LogP contribution in [0.1, 0.15) is 11.3 Å². The molecular weight excluding hydrogens is 361 g/mol. The zero-order valence-electron chi connectivity index (χ0n) is 12.5. The van der Waals surface area contributed by atoms with Crippen molar-refractivity contribution in [1.29, 1.82) is 0 Å². The van der Waals surface area contributed by atoms with Gasteiger partial charge in [0.2, 0.25) is 0 Å². The maximum atomic E-state index is 12.7. The molecule has 1 N–H and O–H groups in total. The van der Waals surface area contributed by atoms with Gasteiger partial charge in [0.1, 0.15) is 10.6 Å². The number of hydrogen-bond donors (Lipinski definition) is 1. The van der Waals surface area contributed by atoms with E-state index in [1.807, 2.05) is 0 Å². The molecule has 0 spiro atoms. The summed E-state index contributed by atoms with van der Waals surface area (Å²) < 4.78 is 63.6. The van der Waals surface area contributed by atoms with Crippen molar-refractivity contribution < 1.29 is 19.4 Å². The summed E-state index contributed by atoms with van der Waals surface area (Å²) in [5, 5.41) is 10.0. The van der Waals surface area contributed by atoms with Gasteiger partial charge in [-0.1, -0.05) is 61.9 Å². The van der Waals surface area contributed by atoms with Gasteiger partial charge in [-0.2, -0.15) is 15.4 Å². The zero-order valence-corrected chi connectivity index (χ0v) is 13.4. The van der Waals surface area contributed by atoms with Crippen molar-refractivity contribution in [3.05, 3.63) is 66.0 Å². The van der Waals surface area contributed by atoms with Gasteiger partial charge in [0.05, 0.1) is 6.20 Å². The van der Waals surface area contributed by atoms with Crippen molar-refractivity contribution in [1.82, 2.24) is 15.4 Å². The Bertz CT molecular complexity index is 900. The van der Waals surface area contributed by atoms with Crippen LogP contribution in [0.25, 0.3) is 23.3 Å². The number of benzene rings is 2. The molecule has 1 aromatic heterocycles. The lowest BCUT2D eigenvalue weighted by atomic mass is 10.0. The van der Waals surface area contributed by atoms with Crippen molar-refractivity contribution in [2.24, 2.45) is 0 Å². The highest BCUT2D eigenvalue weighted by atomic mass is 32.5. The maximum absolute atomic E-state index is 12.7. The summed E-state index contributed by atoms with van der Waals surface area (Å²) in [5.41, 5.74) is 2.52. The summed E-state index contributed by atoms with van der Waals surface area (Å²) in [5.74, 6) is 0. The first kappa shape index (κ1) is 17.2. The average Bonchev–Trinajstić information content (AvgIpc) is 3.05. The quantitative estimate of drug-likeness (QED) is 0.545. The molecule has 0 aliphatic rings. The first-order valence-corrected chi connectivity index (χ1v) is 8.95. The molecule has 9 heteroatoms. The number of nitrogens with one attached hydrogen (secondary N) is 1. The number of aromatic amines is 1. The summed E-state index contributed by atoms with van der Waals surface area (Å²) in [4.78, 5) is -1.89. The van der Waals surface area contributed by atoms with Gasteiger partial charge < -0.3 is 0 Å². The Balaban J connectivity index is 1.81. The lowest BCUT2D eigenvalue weighted by Gasteiger charge is -2.40. The maximum Gasteiger partial charge on any atom is 0.310 e. The third-order valence-electron chi connectivity index (χ3n) is 3.42. The van der Waals surface area contributed by atoms with Gasteiger partial charge in [-0.3, -0.25) is 0 Å². The van der Waals surface area contributed by atoms with E-state index in [4.69, 9.17) is 0 Å². The van der Waals surface area contributed by atoms with Crippen molar-refractivity contribution >= 4 is 22.4 Å². The number of rotatable bonds is 4. The third-order valence-corrected chi connectivity index (χ3v) is 4.59. The van der Waals surface area contributed by atoms with Gasteiger partial charge in [-0.05, 0) is 34.9 Å². The van der Waals surface area contributed by atoms with Crippen molar-refractivity contribution in [2.75, 3.05) is 0 Å². The van der Waals surface area contributed by atoms with Gasteiger partial charge >= 0.3 is 10.2 Å². The molecule has 0 bridgehead atoms. The fourth-order valence-corrected chi connectivity index (χ4v) is 2.81. The van der Waals surface area contributed by atoms with Gasteiger partial charge in [-0.25, -0.2) is 0 Å². The van der Waals surface area contributed by atoms with E-state index in [9.17, 15) is 19.4 Å². The second kappa shape index (κ2) is 5.16. The molecule has 0 saturated carbocycles. The third kappa shape index (κ3) is 4.24. The van der Waals surface area contributed by atoms with Crippen LogP contribution in [0.3, 0.4) is 0 Å². The van der Waals surface area contributed by atoms with Crippen LogP contribution in [0.5, 0.6) is 0 Å². The Morgan fingerprint density at radius 1 is 0.760 bits per heavy atom. The van der Waals surface area contributed by atoms with Gasteiger partial charge in [0, 0.05) is 0 Å². The molecule has 25 heavy (non-hydrogen) atoms. The van der Waals surface area contributed by atoms with Crippen molar-refractivity contribution in [2.45, 2.75) is 4.90 Å². The van der Waals surface area contributed by atoms with E-state index in [0.717, 1.165) is 17.7 Å². The predicted molar refractivity (Wildman–Crippen MR) is 88.6 cm³/mol. The van der Waals surface area contributed by atoms with E-state index in [1.54, 1.807) is 42.6 Å². The number of aromatic nitrogens is 3. The smallest absolute Gasteiger partial charge is 0.197 e. The molecule has 0 atom stereocenters. The molecule has 0 unspecified atom stereocenters. The highest BCUT2D eigenvalue weighted by Gasteiger charge is 2.65. The van der Waals surface area contributed by atoms with Crippen LogP contribution in [-0.4, -0.2) is 15.4 Å². The van der Waals surface area contributed by atoms with E-state index in [0.29, 0.717) is 29.0 Å². The minimum Gasteiger partial charge on any atom is -0.197 e. The van der Waals surface area contributed by atoms with E-state index in [-0.39, 0.29) is 0 Å². The van der Waals surface area contributed by atoms with Crippen LogP contribution in [0.2, 0.25) is 0 Å². The SMILES string of the molecule is FS(F)(F)(F)(F)c1ccc(-c2ccc(/C=C/c3cn[nH]n3)cc2)cc1. The lowest BCUT2D eigenvalue weighted by molar-refractivity contribution is 0.364. The molecule has 2 aromatic carbocycles. The number of hydrogen-bond acceptors (Lipinski definition) is 2. The molecule has 132 valence electrons. The summed E-state index contributed by atoms with van der Waals surface area (Å²) in [6.45, 7) is 0. The van der Waals surface area contributed by atoms with Gasteiger partial charge in [0.25, 0.3) is 0 Å². The topological polar surface area (TPSA) is 41.6 Å². The average molecular weight is 373 g/mol. The number of nitrogens with zero attached hydrogens (tertiary/aromatic N) is 2. The van der Waals surface area contributed by atoms with E-state index in [1.165, 1.54) is 0 Å². The Morgan fingerprint density at radius 3 is 1.80 bits per heavy atom. The monoisotopic (exact) mass is 373 g/mol.